The third kappa shape index (κ3) is 5.10. The van der Waals surface area contributed by atoms with Crippen LogP contribution in [0.3, 0.4) is 0 Å². The standard InChI is InChI=1S/C24H35N/c1-2-3-4-5-19-6-10-21(11-7-19)23-14-16-24(17-15-23)22-12-8-20(18-25)9-13-22/h8-9,12-13,19,21,23-24H,2-7,10-11,14-17H2,1H3/t19?,21?,23-,24-. The minimum Gasteiger partial charge on any atom is -0.192 e. The predicted octanol–water partition coefficient (Wildman–Crippen LogP) is 7.22. The lowest BCUT2D eigenvalue weighted by Crippen LogP contribution is -2.25. The van der Waals surface area contributed by atoms with Crippen molar-refractivity contribution in [3.05, 3.63) is 35.4 Å². The van der Waals surface area contributed by atoms with Gasteiger partial charge in [0.05, 0.1) is 11.6 Å². The SMILES string of the molecule is CCCCCC1CCC([C@H]2CC[C@H](c3ccc(C#N)cc3)CC2)CC1. The summed E-state index contributed by atoms with van der Waals surface area (Å²) in [5, 5.41) is 8.95. The second-order valence-corrected chi connectivity index (χ2v) is 8.62. The minimum atomic E-state index is 0.731. The molecule has 136 valence electrons. The molecular formula is C24H35N. The number of rotatable bonds is 6. The lowest BCUT2D eigenvalue weighted by molar-refractivity contribution is 0.155. The van der Waals surface area contributed by atoms with Crippen molar-refractivity contribution in [3.63, 3.8) is 0 Å². The van der Waals surface area contributed by atoms with Gasteiger partial charge in [0.2, 0.25) is 0 Å². The highest BCUT2D eigenvalue weighted by atomic mass is 14.4. The van der Waals surface area contributed by atoms with Crippen LogP contribution in [0.25, 0.3) is 0 Å². The molecule has 0 N–H and O–H groups in total. The maximum Gasteiger partial charge on any atom is 0.0991 e. The lowest BCUT2D eigenvalue weighted by atomic mass is 9.68. The molecule has 2 aliphatic rings. The van der Waals surface area contributed by atoms with Crippen LogP contribution in [0, 0.1) is 29.1 Å². The summed E-state index contributed by atoms with van der Waals surface area (Å²) >= 11 is 0. The highest BCUT2D eigenvalue weighted by molar-refractivity contribution is 5.33. The molecule has 0 saturated heterocycles. The van der Waals surface area contributed by atoms with Crippen LogP contribution in [-0.4, -0.2) is 0 Å². The fourth-order valence-electron chi connectivity index (χ4n) is 5.39. The average molecular weight is 338 g/mol. The number of hydrogen-bond donors (Lipinski definition) is 0. The first kappa shape index (κ1) is 18.5. The molecule has 1 aromatic carbocycles. The van der Waals surface area contributed by atoms with Crippen molar-refractivity contribution in [2.45, 2.75) is 89.9 Å². The van der Waals surface area contributed by atoms with Crippen LogP contribution in [0.5, 0.6) is 0 Å². The van der Waals surface area contributed by atoms with Gasteiger partial charge in [0, 0.05) is 0 Å². The van der Waals surface area contributed by atoms with E-state index in [2.05, 4.69) is 25.1 Å². The molecule has 0 radical (unpaired) electrons. The molecule has 0 amide bonds. The molecule has 0 atom stereocenters. The Hall–Kier alpha value is -1.29. The van der Waals surface area contributed by atoms with Gasteiger partial charge in [0.1, 0.15) is 0 Å². The highest BCUT2D eigenvalue weighted by Gasteiger charge is 2.31. The van der Waals surface area contributed by atoms with Crippen molar-refractivity contribution in [3.8, 4) is 6.07 Å². The van der Waals surface area contributed by atoms with Gasteiger partial charge in [-0.25, -0.2) is 0 Å². The molecule has 25 heavy (non-hydrogen) atoms. The second kappa shape index (κ2) is 9.42. The van der Waals surface area contributed by atoms with Gasteiger partial charge in [0.25, 0.3) is 0 Å². The zero-order valence-corrected chi connectivity index (χ0v) is 16.1. The third-order valence-corrected chi connectivity index (χ3v) is 7.06. The smallest absolute Gasteiger partial charge is 0.0991 e. The zero-order valence-electron chi connectivity index (χ0n) is 16.1. The summed E-state index contributed by atoms with van der Waals surface area (Å²) < 4.78 is 0. The van der Waals surface area contributed by atoms with E-state index in [4.69, 9.17) is 5.26 Å². The minimum absolute atomic E-state index is 0.731. The largest absolute Gasteiger partial charge is 0.192 e. The molecule has 0 unspecified atom stereocenters. The van der Waals surface area contributed by atoms with Crippen molar-refractivity contribution >= 4 is 0 Å². The van der Waals surface area contributed by atoms with Crippen molar-refractivity contribution < 1.29 is 0 Å². The zero-order chi connectivity index (χ0) is 17.5. The molecule has 2 aliphatic carbocycles. The van der Waals surface area contributed by atoms with Crippen LogP contribution in [-0.2, 0) is 0 Å². The topological polar surface area (TPSA) is 23.8 Å². The monoisotopic (exact) mass is 337 g/mol. The van der Waals surface area contributed by atoms with Crippen molar-refractivity contribution in [1.82, 2.24) is 0 Å². The normalized spacial score (nSPS) is 29.9. The van der Waals surface area contributed by atoms with Gasteiger partial charge in [0.15, 0.2) is 0 Å². The predicted molar refractivity (Wildman–Crippen MR) is 105 cm³/mol. The Balaban J connectivity index is 1.41. The van der Waals surface area contributed by atoms with E-state index in [1.54, 1.807) is 0 Å². The van der Waals surface area contributed by atoms with Crippen molar-refractivity contribution in [2.24, 2.45) is 17.8 Å². The van der Waals surface area contributed by atoms with E-state index in [0.717, 1.165) is 29.2 Å². The molecule has 0 aromatic heterocycles. The first-order chi connectivity index (χ1) is 12.3. The van der Waals surface area contributed by atoms with E-state index in [9.17, 15) is 0 Å². The van der Waals surface area contributed by atoms with Crippen molar-refractivity contribution in [1.29, 1.82) is 5.26 Å². The molecule has 2 fully saturated rings. The summed E-state index contributed by atoms with van der Waals surface area (Å²) in [6.07, 6.45) is 17.3. The molecule has 0 spiro atoms. The fourth-order valence-corrected chi connectivity index (χ4v) is 5.39. The fraction of sp³-hybridized carbons (Fsp3) is 0.708. The van der Waals surface area contributed by atoms with E-state index in [-0.39, 0.29) is 0 Å². The number of hydrogen-bond acceptors (Lipinski definition) is 1. The van der Waals surface area contributed by atoms with Crippen molar-refractivity contribution in [2.75, 3.05) is 0 Å². The Kier molecular flexibility index (Phi) is 6.97. The Morgan fingerprint density at radius 2 is 1.44 bits per heavy atom. The molecule has 3 rings (SSSR count). The summed E-state index contributed by atoms with van der Waals surface area (Å²) in [6, 6.07) is 10.6. The van der Waals surface area contributed by atoms with Crippen LogP contribution < -0.4 is 0 Å². The van der Waals surface area contributed by atoms with E-state index in [1.807, 2.05) is 12.1 Å². The van der Waals surface area contributed by atoms with Crippen LogP contribution >= 0.6 is 0 Å². The summed E-state index contributed by atoms with van der Waals surface area (Å²) in [4.78, 5) is 0. The summed E-state index contributed by atoms with van der Waals surface area (Å²) in [5.41, 5.74) is 2.24. The maximum atomic E-state index is 8.95. The molecule has 0 bridgehead atoms. The Bertz CT molecular complexity index is 536. The van der Waals surface area contributed by atoms with Gasteiger partial charge in [-0.15, -0.1) is 0 Å². The van der Waals surface area contributed by atoms with Gasteiger partial charge in [-0.05, 0) is 79.9 Å². The van der Waals surface area contributed by atoms with Gasteiger partial charge >= 0.3 is 0 Å². The molecule has 1 nitrogen and oxygen atoms in total. The van der Waals surface area contributed by atoms with Crippen LogP contribution in [0.4, 0.5) is 0 Å². The molecule has 1 aromatic rings. The number of benzene rings is 1. The van der Waals surface area contributed by atoms with E-state index < -0.39 is 0 Å². The molecule has 1 heteroatoms. The molecular weight excluding hydrogens is 302 g/mol. The Morgan fingerprint density at radius 1 is 0.840 bits per heavy atom. The molecule has 0 heterocycles. The maximum absolute atomic E-state index is 8.95. The number of nitrogens with zero attached hydrogens (tertiary/aromatic N) is 1. The van der Waals surface area contributed by atoms with Gasteiger partial charge in [-0.3, -0.25) is 0 Å². The van der Waals surface area contributed by atoms with Gasteiger partial charge in [-0.1, -0.05) is 57.6 Å². The molecule has 2 saturated carbocycles. The summed E-state index contributed by atoms with van der Waals surface area (Å²) in [6.45, 7) is 2.31. The van der Waals surface area contributed by atoms with E-state index in [0.29, 0.717) is 0 Å². The van der Waals surface area contributed by atoms with E-state index >= 15 is 0 Å². The highest BCUT2D eigenvalue weighted by Crippen LogP contribution is 2.44. The quantitative estimate of drug-likeness (QED) is 0.503. The van der Waals surface area contributed by atoms with Crippen LogP contribution in [0.15, 0.2) is 24.3 Å². The first-order valence-electron chi connectivity index (χ1n) is 10.8. The first-order valence-corrected chi connectivity index (χ1v) is 10.8. The second-order valence-electron chi connectivity index (χ2n) is 8.62. The molecule has 0 aliphatic heterocycles. The van der Waals surface area contributed by atoms with Crippen LogP contribution in [0.1, 0.15) is 101 Å². The Labute approximate surface area is 154 Å². The summed E-state index contributed by atoms with van der Waals surface area (Å²) in [7, 11) is 0. The number of nitriles is 1. The van der Waals surface area contributed by atoms with Gasteiger partial charge in [-0.2, -0.15) is 5.26 Å². The van der Waals surface area contributed by atoms with Crippen LogP contribution in [0.2, 0.25) is 0 Å². The average Bonchev–Trinajstić information content (AvgIpc) is 2.69. The number of unbranched alkanes of at least 4 members (excludes halogenated alkanes) is 2. The third-order valence-electron chi connectivity index (χ3n) is 7.06. The lowest BCUT2D eigenvalue weighted by Gasteiger charge is -2.38. The Morgan fingerprint density at radius 3 is 2.00 bits per heavy atom. The summed E-state index contributed by atoms with van der Waals surface area (Å²) in [5.74, 6) is 3.78. The van der Waals surface area contributed by atoms with Gasteiger partial charge < -0.3 is 0 Å². The van der Waals surface area contributed by atoms with E-state index in [1.165, 1.54) is 82.6 Å².